The standard InChI is InChI=1S/C26H30F3N3O2/c1-26(2,3)21(13-33)31-25(34)30-12-14-8-16(9-14)22-19-10-18(28)11-20(29)24(19)32-23(22)15-4-6-17(27)7-5-15/h4-7,10-11,14,16,21,32-33H,8-9,12-13H2,1-3H3,(H2,30,31,34)/t14?,16?,21-/m0/s1. The van der Waals surface area contributed by atoms with E-state index in [1.807, 2.05) is 20.8 Å². The first kappa shape index (κ1) is 24.1. The summed E-state index contributed by atoms with van der Waals surface area (Å²) in [5.74, 6) is -1.44. The molecule has 0 bridgehead atoms. The third-order valence-electron chi connectivity index (χ3n) is 6.73. The van der Waals surface area contributed by atoms with Gasteiger partial charge in [-0.25, -0.2) is 18.0 Å². The van der Waals surface area contributed by atoms with Gasteiger partial charge in [-0.1, -0.05) is 20.8 Å². The smallest absolute Gasteiger partial charge is 0.315 e. The molecule has 1 aromatic heterocycles. The highest BCUT2D eigenvalue weighted by Crippen LogP contribution is 2.48. The van der Waals surface area contributed by atoms with E-state index in [0.29, 0.717) is 23.2 Å². The summed E-state index contributed by atoms with van der Waals surface area (Å²) in [6, 6.07) is 7.39. The van der Waals surface area contributed by atoms with E-state index in [1.54, 1.807) is 12.1 Å². The zero-order valence-corrected chi connectivity index (χ0v) is 19.5. The molecule has 182 valence electrons. The van der Waals surface area contributed by atoms with Crippen molar-refractivity contribution in [3.63, 3.8) is 0 Å². The minimum absolute atomic E-state index is 0.0460. The Labute approximate surface area is 196 Å². The number of carbonyl (C=O) groups excluding carboxylic acids is 1. The fourth-order valence-electron chi connectivity index (χ4n) is 4.63. The number of aromatic nitrogens is 1. The van der Waals surface area contributed by atoms with Crippen LogP contribution >= 0.6 is 0 Å². The van der Waals surface area contributed by atoms with Gasteiger partial charge in [-0.05, 0) is 71.6 Å². The normalized spacial score (nSPS) is 19.0. The second-order valence-electron chi connectivity index (χ2n) is 10.2. The lowest BCUT2D eigenvalue weighted by atomic mass is 9.70. The van der Waals surface area contributed by atoms with Gasteiger partial charge in [-0.15, -0.1) is 0 Å². The minimum Gasteiger partial charge on any atom is -0.394 e. The maximum absolute atomic E-state index is 14.5. The Morgan fingerprint density at radius 3 is 2.41 bits per heavy atom. The molecule has 0 unspecified atom stereocenters. The van der Waals surface area contributed by atoms with Crippen LogP contribution in [0.5, 0.6) is 0 Å². The first-order valence-corrected chi connectivity index (χ1v) is 11.5. The topological polar surface area (TPSA) is 77.2 Å². The number of aliphatic hydroxyl groups is 1. The number of rotatable bonds is 6. The van der Waals surface area contributed by atoms with Gasteiger partial charge in [0.25, 0.3) is 0 Å². The summed E-state index contributed by atoms with van der Waals surface area (Å²) >= 11 is 0. The Hall–Kier alpha value is -3.00. The molecule has 1 aliphatic rings. The summed E-state index contributed by atoms with van der Waals surface area (Å²) in [6.07, 6.45) is 1.48. The maximum atomic E-state index is 14.5. The number of urea groups is 1. The lowest BCUT2D eigenvalue weighted by Crippen LogP contribution is -2.51. The predicted molar refractivity (Wildman–Crippen MR) is 126 cm³/mol. The number of hydrogen-bond acceptors (Lipinski definition) is 2. The van der Waals surface area contributed by atoms with Crippen LogP contribution in [-0.4, -0.2) is 35.3 Å². The molecule has 3 aromatic rings. The largest absolute Gasteiger partial charge is 0.394 e. The molecule has 1 saturated carbocycles. The maximum Gasteiger partial charge on any atom is 0.315 e. The van der Waals surface area contributed by atoms with Crippen molar-refractivity contribution >= 4 is 16.9 Å². The van der Waals surface area contributed by atoms with Crippen LogP contribution in [0.1, 0.15) is 45.1 Å². The van der Waals surface area contributed by atoms with Gasteiger partial charge in [0.15, 0.2) is 0 Å². The van der Waals surface area contributed by atoms with Crippen molar-refractivity contribution in [1.29, 1.82) is 0 Å². The number of aromatic amines is 1. The Bertz CT molecular complexity index is 1180. The van der Waals surface area contributed by atoms with Crippen molar-refractivity contribution in [2.24, 2.45) is 11.3 Å². The third kappa shape index (κ3) is 4.92. The highest BCUT2D eigenvalue weighted by atomic mass is 19.1. The van der Waals surface area contributed by atoms with E-state index < -0.39 is 11.6 Å². The summed E-state index contributed by atoms with van der Waals surface area (Å²) in [7, 11) is 0. The summed E-state index contributed by atoms with van der Waals surface area (Å²) in [5.41, 5.74) is 2.13. The van der Waals surface area contributed by atoms with E-state index in [-0.39, 0.29) is 47.3 Å². The molecule has 2 aromatic carbocycles. The first-order valence-electron chi connectivity index (χ1n) is 11.5. The van der Waals surface area contributed by atoms with Crippen LogP contribution in [0.15, 0.2) is 36.4 Å². The number of halogens is 3. The van der Waals surface area contributed by atoms with E-state index in [4.69, 9.17) is 0 Å². The van der Waals surface area contributed by atoms with Gasteiger partial charge in [0.05, 0.1) is 23.9 Å². The first-order chi connectivity index (χ1) is 16.1. The van der Waals surface area contributed by atoms with Crippen LogP contribution in [-0.2, 0) is 0 Å². The lowest BCUT2D eigenvalue weighted by Gasteiger charge is -2.36. The van der Waals surface area contributed by atoms with E-state index in [2.05, 4.69) is 15.6 Å². The van der Waals surface area contributed by atoms with Crippen LogP contribution in [0.25, 0.3) is 22.2 Å². The Morgan fingerprint density at radius 2 is 1.79 bits per heavy atom. The van der Waals surface area contributed by atoms with Crippen molar-refractivity contribution in [3.05, 3.63) is 59.4 Å². The molecular weight excluding hydrogens is 443 g/mol. The van der Waals surface area contributed by atoms with Crippen molar-refractivity contribution in [2.75, 3.05) is 13.2 Å². The Kier molecular flexibility index (Phi) is 6.62. The van der Waals surface area contributed by atoms with Crippen LogP contribution in [0.4, 0.5) is 18.0 Å². The van der Waals surface area contributed by atoms with Gasteiger partial charge in [-0.2, -0.15) is 0 Å². The second-order valence-corrected chi connectivity index (χ2v) is 10.2. The van der Waals surface area contributed by atoms with Crippen molar-refractivity contribution in [1.82, 2.24) is 15.6 Å². The molecule has 4 rings (SSSR count). The fraction of sp³-hybridized carbons (Fsp3) is 0.423. The number of H-pyrrole nitrogens is 1. The van der Waals surface area contributed by atoms with Gasteiger partial charge in [0, 0.05) is 18.0 Å². The fourth-order valence-corrected chi connectivity index (χ4v) is 4.63. The van der Waals surface area contributed by atoms with Crippen molar-refractivity contribution in [3.8, 4) is 11.3 Å². The molecule has 1 fully saturated rings. The SMILES string of the molecule is CC(C)(C)[C@H](CO)NC(=O)NCC1CC(c2c(-c3ccc(F)cc3)[nH]c3c(F)cc(F)cc23)C1. The summed E-state index contributed by atoms with van der Waals surface area (Å²) in [6.45, 7) is 6.13. The van der Waals surface area contributed by atoms with Crippen LogP contribution < -0.4 is 10.6 Å². The number of fused-ring (bicyclic) bond motifs is 1. The van der Waals surface area contributed by atoms with Gasteiger partial charge in [0.2, 0.25) is 0 Å². The van der Waals surface area contributed by atoms with Gasteiger partial charge < -0.3 is 20.7 Å². The molecule has 8 heteroatoms. The third-order valence-corrected chi connectivity index (χ3v) is 6.73. The summed E-state index contributed by atoms with van der Waals surface area (Å²) in [5, 5.41) is 15.7. The molecule has 5 nitrogen and oxygen atoms in total. The molecule has 34 heavy (non-hydrogen) atoms. The monoisotopic (exact) mass is 473 g/mol. The minimum atomic E-state index is -0.670. The van der Waals surface area contributed by atoms with Crippen molar-refractivity contribution in [2.45, 2.75) is 45.6 Å². The van der Waals surface area contributed by atoms with Crippen LogP contribution in [0, 0.1) is 28.8 Å². The van der Waals surface area contributed by atoms with Crippen LogP contribution in [0.3, 0.4) is 0 Å². The molecule has 2 amide bonds. The zero-order valence-electron chi connectivity index (χ0n) is 19.5. The van der Waals surface area contributed by atoms with Crippen LogP contribution in [0.2, 0.25) is 0 Å². The Morgan fingerprint density at radius 1 is 1.12 bits per heavy atom. The van der Waals surface area contributed by atoms with E-state index in [1.165, 1.54) is 18.2 Å². The summed E-state index contributed by atoms with van der Waals surface area (Å²) < 4.78 is 42.0. The number of hydrogen-bond donors (Lipinski definition) is 4. The van der Waals surface area contributed by atoms with Gasteiger partial charge in [-0.3, -0.25) is 0 Å². The predicted octanol–water partition coefficient (Wildman–Crippen LogP) is 5.45. The van der Waals surface area contributed by atoms with Gasteiger partial charge in [0.1, 0.15) is 17.5 Å². The number of nitrogens with one attached hydrogen (secondary N) is 3. The molecule has 0 radical (unpaired) electrons. The Balaban J connectivity index is 1.49. The van der Waals surface area contributed by atoms with E-state index in [9.17, 15) is 23.1 Å². The molecule has 1 heterocycles. The molecule has 1 atom stereocenters. The molecular formula is C26H30F3N3O2. The number of carbonyl (C=O) groups is 1. The quantitative estimate of drug-likeness (QED) is 0.384. The van der Waals surface area contributed by atoms with Gasteiger partial charge >= 0.3 is 6.03 Å². The van der Waals surface area contributed by atoms with E-state index >= 15 is 0 Å². The summed E-state index contributed by atoms with van der Waals surface area (Å²) in [4.78, 5) is 15.4. The molecule has 4 N–H and O–H groups in total. The molecule has 1 aliphatic carbocycles. The molecule has 0 spiro atoms. The average Bonchev–Trinajstić information content (AvgIpc) is 3.10. The molecule has 0 saturated heterocycles. The highest BCUT2D eigenvalue weighted by molar-refractivity contribution is 5.92. The lowest BCUT2D eigenvalue weighted by molar-refractivity contribution is 0.156. The van der Waals surface area contributed by atoms with Crippen molar-refractivity contribution < 1.29 is 23.1 Å². The second kappa shape index (κ2) is 9.33. The zero-order chi connectivity index (χ0) is 24.6. The number of benzene rings is 2. The number of amides is 2. The average molecular weight is 474 g/mol. The molecule has 0 aliphatic heterocycles. The van der Waals surface area contributed by atoms with E-state index in [0.717, 1.165) is 24.5 Å². The number of aliphatic hydroxyl groups excluding tert-OH is 1. The highest BCUT2D eigenvalue weighted by Gasteiger charge is 2.35.